The number of hydrogen-bond acceptors (Lipinski definition) is 6. The summed E-state index contributed by atoms with van der Waals surface area (Å²) < 4.78 is 30.2. The summed E-state index contributed by atoms with van der Waals surface area (Å²) >= 11 is 1.38. The predicted octanol–water partition coefficient (Wildman–Crippen LogP) is 1.49. The minimum atomic E-state index is -3.08. The van der Waals surface area contributed by atoms with Crippen LogP contribution >= 0.6 is 11.5 Å². The molecule has 1 aromatic heterocycles. The fourth-order valence-corrected chi connectivity index (χ4v) is 4.51. The Kier molecular flexibility index (Phi) is 5.34. The van der Waals surface area contributed by atoms with E-state index in [4.69, 9.17) is 0 Å². The SMILES string of the molecule is CCCCCS(=O)(=O)N1CCN(c2nc(C)ns2)CC1. The zero-order valence-corrected chi connectivity index (χ0v) is 13.7. The van der Waals surface area contributed by atoms with Crippen molar-refractivity contribution in [2.75, 3.05) is 36.8 Å². The third-order valence-electron chi connectivity index (χ3n) is 3.43. The molecule has 1 aliphatic heterocycles. The van der Waals surface area contributed by atoms with Crippen LogP contribution in [0.15, 0.2) is 0 Å². The van der Waals surface area contributed by atoms with Gasteiger partial charge in [-0.15, -0.1) is 0 Å². The van der Waals surface area contributed by atoms with Crippen molar-refractivity contribution < 1.29 is 8.42 Å². The lowest BCUT2D eigenvalue weighted by Crippen LogP contribution is -2.49. The van der Waals surface area contributed by atoms with Crippen LogP contribution in [0.1, 0.15) is 32.0 Å². The molecule has 0 unspecified atom stereocenters. The Morgan fingerprint density at radius 2 is 1.90 bits per heavy atom. The Balaban J connectivity index is 1.87. The molecule has 0 bridgehead atoms. The number of sulfonamides is 1. The van der Waals surface area contributed by atoms with E-state index < -0.39 is 10.0 Å². The second-order valence-electron chi connectivity index (χ2n) is 5.03. The van der Waals surface area contributed by atoms with Crippen LogP contribution in [0.25, 0.3) is 0 Å². The molecule has 1 aromatic rings. The topological polar surface area (TPSA) is 66.4 Å². The van der Waals surface area contributed by atoms with Gasteiger partial charge >= 0.3 is 0 Å². The summed E-state index contributed by atoms with van der Waals surface area (Å²) in [5.41, 5.74) is 0. The molecule has 0 radical (unpaired) electrons. The van der Waals surface area contributed by atoms with E-state index in [-0.39, 0.29) is 5.75 Å². The maximum absolute atomic E-state index is 12.2. The van der Waals surface area contributed by atoms with Crippen molar-refractivity contribution in [3.63, 3.8) is 0 Å². The first-order valence-corrected chi connectivity index (χ1v) is 9.44. The molecule has 2 rings (SSSR count). The van der Waals surface area contributed by atoms with Crippen molar-refractivity contribution in [2.45, 2.75) is 33.1 Å². The van der Waals surface area contributed by atoms with Gasteiger partial charge in [0.1, 0.15) is 5.82 Å². The van der Waals surface area contributed by atoms with Crippen molar-refractivity contribution in [2.24, 2.45) is 0 Å². The van der Waals surface area contributed by atoms with Crippen LogP contribution in [0.2, 0.25) is 0 Å². The molecule has 0 amide bonds. The quantitative estimate of drug-likeness (QED) is 0.744. The number of aromatic nitrogens is 2. The molecule has 0 atom stereocenters. The van der Waals surface area contributed by atoms with Crippen molar-refractivity contribution in [3.8, 4) is 0 Å². The summed E-state index contributed by atoms with van der Waals surface area (Å²) in [6, 6.07) is 0. The summed E-state index contributed by atoms with van der Waals surface area (Å²) in [7, 11) is -3.08. The van der Waals surface area contributed by atoms with E-state index in [1.54, 1.807) is 4.31 Å². The number of unbranched alkanes of at least 4 members (excludes halogenated alkanes) is 2. The van der Waals surface area contributed by atoms with E-state index >= 15 is 0 Å². The first-order valence-electron chi connectivity index (χ1n) is 7.06. The van der Waals surface area contributed by atoms with Crippen LogP contribution in [-0.4, -0.2) is 54.0 Å². The summed E-state index contributed by atoms with van der Waals surface area (Å²) in [6.45, 7) is 6.44. The summed E-state index contributed by atoms with van der Waals surface area (Å²) in [6.07, 6.45) is 2.78. The molecule has 1 aliphatic rings. The van der Waals surface area contributed by atoms with Gasteiger partial charge in [-0.2, -0.15) is 8.68 Å². The van der Waals surface area contributed by atoms with Crippen LogP contribution in [-0.2, 0) is 10.0 Å². The number of rotatable bonds is 6. The number of hydrogen-bond donors (Lipinski definition) is 0. The highest BCUT2D eigenvalue weighted by atomic mass is 32.2. The zero-order valence-electron chi connectivity index (χ0n) is 12.1. The van der Waals surface area contributed by atoms with Gasteiger partial charge in [0.15, 0.2) is 0 Å². The number of nitrogens with zero attached hydrogens (tertiary/aromatic N) is 4. The number of piperazine rings is 1. The second-order valence-corrected chi connectivity index (χ2v) is 7.85. The van der Waals surface area contributed by atoms with Gasteiger partial charge in [0.25, 0.3) is 0 Å². The van der Waals surface area contributed by atoms with Gasteiger partial charge < -0.3 is 4.90 Å². The van der Waals surface area contributed by atoms with Gasteiger partial charge in [0, 0.05) is 37.7 Å². The molecule has 1 fully saturated rings. The standard InChI is InChI=1S/C12H22N4O2S2/c1-3-4-5-10-20(17,18)16-8-6-15(7-9-16)12-13-11(2)14-19-12/h3-10H2,1-2H3. The summed E-state index contributed by atoms with van der Waals surface area (Å²) in [5, 5.41) is 0.894. The molecule has 0 saturated carbocycles. The smallest absolute Gasteiger partial charge is 0.214 e. The largest absolute Gasteiger partial charge is 0.344 e. The average molecular weight is 318 g/mol. The molecular weight excluding hydrogens is 296 g/mol. The van der Waals surface area contributed by atoms with Crippen LogP contribution in [0.5, 0.6) is 0 Å². The Morgan fingerprint density at radius 3 is 2.45 bits per heavy atom. The minimum absolute atomic E-state index is 0.277. The van der Waals surface area contributed by atoms with Crippen LogP contribution in [0, 0.1) is 6.92 Å². The minimum Gasteiger partial charge on any atom is -0.344 e. The summed E-state index contributed by atoms with van der Waals surface area (Å²) in [5.74, 6) is 1.05. The lowest BCUT2D eigenvalue weighted by atomic mass is 10.3. The van der Waals surface area contributed by atoms with Gasteiger partial charge in [0.05, 0.1) is 5.75 Å². The summed E-state index contributed by atoms with van der Waals surface area (Å²) in [4.78, 5) is 6.46. The van der Waals surface area contributed by atoms with Crippen molar-refractivity contribution in [1.82, 2.24) is 13.7 Å². The van der Waals surface area contributed by atoms with Crippen LogP contribution in [0.3, 0.4) is 0 Å². The molecular formula is C12H22N4O2S2. The molecule has 6 nitrogen and oxygen atoms in total. The molecule has 8 heteroatoms. The lowest BCUT2D eigenvalue weighted by Gasteiger charge is -2.33. The monoisotopic (exact) mass is 318 g/mol. The van der Waals surface area contributed by atoms with Crippen molar-refractivity contribution in [3.05, 3.63) is 5.82 Å². The van der Waals surface area contributed by atoms with Gasteiger partial charge in [-0.1, -0.05) is 19.8 Å². The average Bonchev–Trinajstić information content (AvgIpc) is 2.86. The maximum atomic E-state index is 12.2. The zero-order chi connectivity index (χ0) is 14.6. The van der Waals surface area contributed by atoms with E-state index in [9.17, 15) is 8.42 Å². The third-order valence-corrected chi connectivity index (χ3v) is 6.25. The fraction of sp³-hybridized carbons (Fsp3) is 0.833. The Labute approximate surface area is 125 Å². The molecule has 0 aliphatic carbocycles. The second kappa shape index (κ2) is 6.82. The number of anilines is 1. The van der Waals surface area contributed by atoms with Crippen molar-refractivity contribution >= 4 is 26.7 Å². The fourth-order valence-electron chi connectivity index (χ4n) is 2.24. The highest BCUT2D eigenvalue weighted by molar-refractivity contribution is 7.89. The lowest BCUT2D eigenvalue weighted by molar-refractivity contribution is 0.384. The Morgan fingerprint density at radius 1 is 1.20 bits per heavy atom. The van der Waals surface area contributed by atoms with Gasteiger partial charge in [0.2, 0.25) is 15.2 Å². The molecule has 0 spiro atoms. The van der Waals surface area contributed by atoms with E-state index in [1.807, 2.05) is 6.92 Å². The molecule has 20 heavy (non-hydrogen) atoms. The molecule has 1 saturated heterocycles. The van der Waals surface area contributed by atoms with Crippen LogP contribution in [0.4, 0.5) is 5.13 Å². The van der Waals surface area contributed by atoms with E-state index in [0.29, 0.717) is 26.2 Å². The van der Waals surface area contributed by atoms with Gasteiger partial charge in [-0.3, -0.25) is 0 Å². The molecule has 2 heterocycles. The number of aryl methyl sites for hydroxylation is 1. The first kappa shape index (κ1) is 15.7. The van der Waals surface area contributed by atoms with Gasteiger partial charge in [-0.05, 0) is 13.3 Å². The van der Waals surface area contributed by atoms with E-state index in [1.165, 1.54) is 11.5 Å². The van der Waals surface area contributed by atoms with E-state index in [0.717, 1.165) is 30.2 Å². The Hall–Kier alpha value is -0.730. The highest BCUT2D eigenvalue weighted by Crippen LogP contribution is 2.20. The Bertz CT molecular complexity index is 521. The normalized spacial score (nSPS) is 17.6. The highest BCUT2D eigenvalue weighted by Gasteiger charge is 2.27. The van der Waals surface area contributed by atoms with Crippen molar-refractivity contribution in [1.29, 1.82) is 0 Å². The predicted molar refractivity (Wildman–Crippen MR) is 81.7 cm³/mol. The maximum Gasteiger partial charge on any atom is 0.214 e. The van der Waals surface area contributed by atoms with Gasteiger partial charge in [-0.25, -0.2) is 13.4 Å². The van der Waals surface area contributed by atoms with E-state index in [2.05, 4.69) is 21.2 Å². The molecule has 114 valence electrons. The van der Waals surface area contributed by atoms with Crippen LogP contribution < -0.4 is 4.90 Å². The molecule has 0 aromatic carbocycles. The molecule has 0 N–H and O–H groups in total. The third kappa shape index (κ3) is 3.89. The first-order chi connectivity index (χ1) is 9.53.